The highest BCUT2D eigenvalue weighted by Crippen LogP contribution is 2.27. The maximum Gasteiger partial charge on any atom is 0.164 e. The minimum atomic E-state index is 0.260. The molecule has 0 aliphatic rings. The Bertz CT molecular complexity index is 1030. The number of pyridine rings is 1. The SMILES string of the molecule is CN(C)[C@H](CNc1nc(-c2ccncc2)nc2c1cnn2C)c1cccs1. The van der Waals surface area contributed by atoms with Crippen LogP contribution in [-0.2, 0) is 7.05 Å². The van der Waals surface area contributed by atoms with Gasteiger partial charge in [-0.3, -0.25) is 9.67 Å². The standard InChI is InChI=1S/C19H21N7S/c1-25(2)15(16-5-4-10-27-16)12-21-18-14-11-22-26(3)19(14)24-17(23-18)13-6-8-20-9-7-13/h4-11,15H,12H2,1-3H3,(H,21,23,24)/t15-/m1/s1. The van der Waals surface area contributed by atoms with Gasteiger partial charge in [-0.25, -0.2) is 9.97 Å². The molecule has 27 heavy (non-hydrogen) atoms. The van der Waals surface area contributed by atoms with Crippen LogP contribution < -0.4 is 5.32 Å². The number of nitrogens with one attached hydrogen (secondary N) is 1. The molecule has 7 nitrogen and oxygen atoms in total. The molecule has 1 N–H and O–H groups in total. The smallest absolute Gasteiger partial charge is 0.164 e. The van der Waals surface area contributed by atoms with E-state index in [2.05, 4.69) is 51.9 Å². The molecule has 0 bridgehead atoms. The summed E-state index contributed by atoms with van der Waals surface area (Å²) in [6.45, 7) is 0.740. The quantitative estimate of drug-likeness (QED) is 0.555. The number of hydrogen-bond acceptors (Lipinski definition) is 7. The summed E-state index contributed by atoms with van der Waals surface area (Å²) in [6.07, 6.45) is 5.31. The van der Waals surface area contributed by atoms with E-state index < -0.39 is 0 Å². The summed E-state index contributed by atoms with van der Waals surface area (Å²) >= 11 is 1.76. The number of nitrogens with zero attached hydrogens (tertiary/aromatic N) is 6. The largest absolute Gasteiger partial charge is 0.367 e. The minimum absolute atomic E-state index is 0.260. The van der Waals surface area contributed by atoms with E-state index in [1.807, 2.05) is 25.4 Å². The van der Waals surface area contributed by atoms with Crippen LogP contribution in [0.4, 0.5) is 5.82 Å². The van der Waals surface area contributed by atoms with Crippen molar-refractivity contribution in [3.05, 3.63) is 53.1 Å². The fourth-order valence-electron chi connectivity index (χ4n) is 3.00. The Morgan fingerprint density at radius 1 is 1.19 bits per heavy atom. The molecule has 0 aromatic carbocycles. The first-order valence-electron chi connectivity index (χ1n) is 8.67. The number of hydrogen-bond donors (Lipinski definition) is 1. The van der Waals surface area contributed by atoms with E-state index >= 15 is 0 Å². The lowest BCUT2D eigenvalue weighted by Gasteiger charge is -2.24. The Morgan fingerprint density at radius 3 is 2.70 bits per heavy atom. The van der Waals surface area contributed by atoms with Crippen molar-refractivity contribution in [2.45, 2.75) is 6.04 Å². The van der Waals surface area contributed by atoms with Crippen molar-refractivity contribution < 1.29 is 0 Å². The van der Waals surface area contributed by atoms with Gasteiger partial charge in [0, 0.05) is 36.4 Å². The van der Waals surface area contributed by atoms with E-state index in [9.17, 15) is 0 Å². The molecule has 0 aliphatic heterocycles. The molecule has 0 radical (unpaired) electrons. The van der Waals surface area contributed by atoms with Gasteiger partial charge >= 0.3 is 0 Å². The molecule has 4 rings (SSSR count). The van der Waals surface area contributed by atoms with Crippen LogP contribution in [0, 0.1) is 0 Å². The fraction of sp³-hybridized carbons (Fsp3) is 0.263. The lowest BCUT2D eigenvalue weighted by atomic mass is 10.2. The number of aromatic nitrogens is 5. The molecular weight excluding hydrogens is 358 g/mol. The second kappa shape index (κ2) is 7.42. The van der Waals surface area contributed by atoms with Crippen molar-refractivity contribution in [3.63, 3.8) is 0 Å². The summed E-state index contributed by atoms with van der Waals surface area (Å²) in [5, 5.41) is 10.9. The van der Waals surface area contributed by atoms with E-state index in [0.717, 1.165) is 29.0 Å². The Hall–Kier alpha value is -2.84. The first-order valence-corrected chi connectivity index (χ1v) is 9.55. The third-order valence-corrected chi connectivity index (χ3v) is 5.46. The van der Waals surface area contributed by atoms with E-state index in [-0.39, 0.29) is 6.04 Å². The zero-order valence-corrected chi connectivity index (χ0v) is 16.3. The van der Waals surface area contributed by atoms with Crippen molar-refractivity contribution in [1.82, 2.24) is 29.6 Å². The number of anilines is 1. The molecule has 8 heteroatoms. The second-order valence-corrected chi connectivity index (χ2v) is 7.49. The molecule has 138 valence electrons. The van der Waals surface area contributed by atoms with Gasteiger partial charge in [0.25, 0.3) is 0 Å². The molecule has 0 fully saturated rings. The zero-order chi connectivity index (χ0) is 18.8. The first-order chi connectivity index (χ1) is 13.1. The van der Waals surface area contributed by atoms with Gasteiger partial charge in [-0.15, -0.1) is 11.3 Å². The van der Waals surface area contributed by atoms with Crippen LogP contribution in [-0.4, -0.2) is 50.3 Å². The molecule has 4 heterocycles. The van der Waals surface area contributed by atoms with E-state index in [1.165, 1.54) is 4.88 Å². The molecular formula is C19H21N7S. The Morgan fingerprint density at radius 2 is 2.00 bits per heavy atom. The Kier molecular flexibility index (Phi) is 4.83. The summed E-state index contributed by atoms with van der Waals surface area (Å²) in [4.78, 5) is 17.1. The van der Waals surface area contributed by atoms with Crippen molar-refractivity contribution in [1.29, 1.82) is 0 Å². The summed E-state index contributed by atoms with van der Waals surface area (Å²) < 4.78 is 1.77. The molecule has 0 saturated carbocycles. The molecule has 4 aromatic rings. The van der Waals surface area contributed by atoms with Crippen LogP contribution in [0.1, 0.15) is 10.9 Å². The molecule has 0 unspecified atom stereocenters. The van der Waals surface area contributed by atoms with E-state index in [4.69, 9.17) is 9.97 Å². The van der Waals surface area contributed by atoms with Crippen LogP contribution >= 0.6 is 11.3 Å². The first kappa shape index (κ1) is 17.6. The number of rotatable bonds is 6. The van der Waals surface area contributed by atoms with Crippen LogP contribution in [0.25, 0.3) is 22.4 Å². The average molecular weight is 379 g/mol. The van der Waals surface area contributed by atoms with Crippen molar-refractivity contribution in [2.24, 2.45) is 7.05 Å². The monoisotopic (exact) mass is 379 g/mol. The van der Waals surface area contributed by atoms with Crippen LogP contribution in [0.5, 0.6) is 0 Å². The molecule has 0 amide bonds. The Labute approximate surface area is 161 Å². The summed E-state index contributed by atoms with van der Waals surface area (Å²) in [5.41, 5.74) is 1.73. The predicted octanol–water partition coefficient (Wildman–Crippen LogP) is 3.20. The van der Waals surface area contributed by atoms with Crippen molar-refractivity contribution in [2.75, 3.05) is 26.0 Å². The van der Waals surface area contributed by atoms with Gasteiger partial charge in [-0.05, 0) is 37.7 Å². The second-order valence-electron chi connectivity index (χ2n) is 6.51. The maximum atomic E-state index is 4.78. The van der Waals surface area contributed by atoms with Gasteiger partial charge in [-0.2, -0.15) is 5.10 Å². The highest BCUT2D eigenvalue weighted by Gasteiger charge is 2.18. The van der Waals surface area contributed by atoms with E-state index in [0.29, 0.717) is 5.82 Å². The summed E-state index contributed by atoms with van der Waals surface area (Å²) in [5.74, 6) is 1.46. The number of fused-ring (bicyclic) bond motifs is 1. The Balaban J connectivity index is 1.70. The number of thiophene rings is 1. The normalized spacial score (nSPS) is 12.6. The molecule has 0 saturated heterocycles. The van der Waals surface area contributed by atoms with Crippen molar-refractivity contribution in [3.8, 4) is 11.4 Å². The summed E-state index contributed by atoms with van der Waals surface area (Å²) in [7, 11) is 6.08. The zero-order valence-electron chi connectivity index (χ0n) is 15.5. The molecule has 1 atom stereocenters. The third kappa shape index (κ3) is 3.54. The predicted molar refractivity (Wildman–Crippen MR) is 109 cm³/mol. The molecule has 4 aromatic heterocycles. The van der Waals surface area contributed by atoms with Gasteiger partial charge < -0.3 is 10.2 Å². The van der Waals surface area contributed by atoms with Crippen molar-refractivity contribution >= 4 is 28.2 Å². The lowest BCUT2D eigenvalue weighted by Crippen LogP contribution is -2.26. The van der Waals surface area contributed by atoms with Gasteiger partial charge in [0.2, 0.25) is 0 Å². The minimum Gasteiger partial charge on any atom is -0.367 e. The molecule has 0 aliphatic carbocycles. The highest BCUT2D eigenvalue weighted by molar-refractivity contribution is 7.10. The van der Waals surface area contributed by atoms with Gasteiger partial charge in [-0.1, -0.05) is 6.07 Å². The topological polar surface area (TPSA) is 71.8 Å². The van der Waals surface area contributed by atoms with Crippen LogP contribution in [0.2, 0.25) is 0 Å². The van der Waals surface area contributed by atoms with Gasteiger partial charge in [0.1, 0.15) is 5.82 Å². The van der Waals surface area contributed by atoms with Crippen LogP contribution in [0.15, 0.2) is 48.2 Å². The van der Waals surface area contributed by atoms with Crippen LogP contribution in [0.3, 0.4) is 0 Å². The van der Waals surface area contributed by atoms with E-state index in [1.54, 1.807) is 28.4 Å². The maximum absolute atomic E-state index is 4.78. The van der Waals surface area contributed by atoms with Gasteiger partial charge in [0.15, 0.2) is 11.5 Å². The summed E-state index contributed by atoms with van der Waals surface area (Å²) in [6, 6.07) is 8.34. The average Bonchev–Trinajstić information content (AvgIpc) is 3.33. The highest BCUT2D eigenvalue weighted by atomic mass is 32.1. The fourth-order valence-corrected chi connectivity index (χ4v) is 3.92. The van der Waals surface area contributed by atoms with Gasteiger partial charge in [0.05, 0.1) is 17.6 Å². The lowest BCUT2D eigenvalue weighted by molar-refractivity contribution is 0.316. The third-order valence-electron chi connectivity index (χ3n) is 4.49. The number of likely N-dealkylation sites (N-methyl/N-ethyl adjacent to an activating group) is 1. The molecule has 0 spiro atoms. The number of aryl methyl sites for hydroxylation is 1.